The van der Waals surface area contributed by atoms with Crippen molar-refractivity contribution >= 4 is 11.6 Å². The lowest BCUT2D eigenvalue weighted by atomic mass is 10.3. The van der Waals surface area contributed by atoms with Crippen molar-refractivity contribution < 1.29 is 14.6 Å². The molecule has 0 aliphatic carbocycles. The van der Waals surface area contributed by atoms with Gasteiger partial charge in [0.25, 0.3) is 5.91 Å². The third-order valence-electron chi connectivity index (χ3n) is 2.11. The van der Waals surface area contributed by atoms with E-state index in [1.807, 2.05) is 0 Å². The summed E-state index contributed by atoms with van der Waals surface area (Å²) in [7, 11) is 0. The molecule has 4 N–H and O–H groups in total. The largest absolute Gasteiger partial charge is 0.484 e. The molecule has 0 aliphatic heterocycles. The van der Waals surface area contributed by atoms with Crippen LogP contribution in [-0.4, -0.2) is 30.3 Å². The summed E-state index contributed by atoms with van der Waals surface area (Å²) in [6.07, 6.45) is 0.120. The maximum Gasteiger partial charge on any atom is 0.257 e. The maximum atomic E-state index is 11.3. The summed E-state index contributed by atoms with van der Waals surface area (Å²) in [5, 5.41) is 11.7. The average molecular weight is 238 g/mol. The number of benzene rings is 1. The number of aliphatic hydroxyl groups excluding tert-OH is 1. The summed E-state index contributed by atoms with van der Waals surface area (Å²) in [5.74, 6) is 0.351. The highest BCUT2D eigenvalue weighted by atomic mass is 16.5. The molecule has 17 heavy (non-hydrogen) atoms. The quantitative estimate of drug-likeness (QED) is 0.631. The van der Waals surface area contributed by atoms with E-state index in [2.05, 4.69) is 5.32 Å². The number of ether oxygens (including phenoxy) is 1. The lowest BCUT2D eigenvalue weighted by Gasteiger charge is -2.08. The molecule has 0 heterocycles. The van der Waals surface area contributed by atoms with Crippen molar-refractivity contribution in [3.63, 3.8) is 0 Å². The molecule has 0 saturated heterocycles. The third-order valence-corrected chi connectivity index (χ3v) is 2.11. The van der Waals surface area contributed by atoms with E-state index < -0.39 is 6.10 Å². The molecular weight excluding hydrogens is 220 g/mol. The van der Waals surface area contributed by atoms with E-state index >= 15 is 0 Å². The SMILES string of the molecule is CC(O)CCNC(=O)COc1cccc(N)c1. The van der Waals surface area contributed by atoms with Crippen molar-refractivity contribution in [2.75, 3.05) is 18.9 Å². The number of aliphatic hydroxyl groups is 1. The second-order valence-corrected chi connectivity index (χ2v) is 3.85. The molecule has 0 radical (unpaired) electrons. The lowest BCUT2D eigenvalue weighted by Crippen LogP contribution is -2.31. The van der Waals surface area contributed by atoms with Crippen molar-refractivity contribution in [1.29, 1.82) is 0 Å². The van der Waals surface area contributed by atoms with E-state index in [-0.39, 0.29) is 12.5 Å². The second-order valence-electron chi connectivity index (χ2n) is 3.85. The van der Waals surface area contributed by atoms with Crippen molar-refractivity contribution in [2.45, 2.75) is 19.4 Å². The molecule has 1 unspecified atom stereocenters. The normalized spacial score (nSPS) is 11.9. The van der Waals surface area contributed by atoms with Crippen molar-refractivity contribution in [2.24, 2.45) is 0 Å². The lowest BCUT2D eigenvalue weighted by molar-refractivity contribution is -0.123. The number of carbonyl (C=O) groups excluding carboxylic acids is 1. The van der Waals surface area contributed by atoms with Crippen LogP contribution in [0.3, 0.4) is 0 Å². The molecule has 1 aromatic rings. The van der Waals surface area contributed by atoms with Gasteiger partial charge in [-0.2, -0.15) is 0 Å². The molecule has 5 nitrogen and oxygen atoms in total. The van der Waals surface area contributed by atoms with E-state index in [4.69, 9.17) is 15.6 Å². The molecule has 0 fully saturated rings. The van der Waals surface area contributed by atoms with Gasteiger partial charge < -0.3 is 20.9 Å². The van der Waals surface area contributed by atoms with Gasteiger partial charge >= 0.3 is 0 Å². The van der Waals surface area contributed by atoms with Gasteiger partial charge in [0.15, 0.2) is 6.61 Å². The van der Waals surface area contributed by atoms with Crippen molar-refractivity contribution in [1.82, 2.24) is 5.32 Å². The minimum Gasteiger partial charge on any atom is -0.484 e. The second kappa shape index (κ2) is 6.75. The minimum absolute atomic E-state index is 0.0523. The van der Waals surface area contributed by atoms with Crippen LogP contribution in [-0.2, 0) is 4.79 Å². The molecule has 0 bridgehead atoms. The zero-order valence-electron chi connectivity index (χ0n) is 9.85. The number of carbonyl (C=O) groups is 1. The predicted molar refractivity (Wildman–Crippen MR) is 65.7 cm³/mol. The highest BCUT2D eigenvalue weighted by molar-refractivity contribution is 5.77. The topological polar surface area (TPSA) is 84.6 Å². The van der Waals surface area contributed by atoms with Gasteiger partial charge in [-0.15, -0.1) is 0 Å². The zero-order valence-corrected chi connectivity index (χ0v) is 9.85. The van der Waals surface area contributed by atoms with Gasteiger partial charge in [0.2, 0.25) is 0 Å². The Morgan fingerprint density at radius 1 is 1.59 bits per heavy atom. The monoisotopic (exact) mass is 238 g/mol. The Labute approximate surface area is 101 Å². The standard InChI is InChI=1S/C12H18N2O3/c1-9(15)5-6-14-12(16)8-17-11-4-2-3-10(13)7-11/h2-4,7,9,15H,5-6,8,13H2,1H3,(H,14,16). The van der Waals surface area contributed by atoms with Crippen LogP contribution < -0.4 is 15.8 Å². The molecule has 1 rings (SSSR count). The number of rotatable bonds is 6. The fourth-order valence-electron chi connectivity index (χ4n) is 1.22. The molecule has 1 amide bonds. The Bertz CT molecular complexity index is 367. The molecule has 1 aromatic carbocycles. The Morgan fingerprint density at radius 3 is 3.00 bits per heavy atom. The summed E-state index contributed by atoms with van der Waals surface area (Å²) in [6, 6.07) is 6.90. The fraction of sp³-hybridized carbons (Fsp3) is 0.417. The molecule has 0 aliphatic rings. The predicted octanol–water partition coefficient (Wildman–Crippen LogP) is 0.535. The van der Waals surface area contributed by atoms with Crippen LogP contribution >= 0.6 is 0 Å². The van der Waals surface area contributed by atoms with E-state index in [1.165, 1.54) is 0 Å². The summed E-state index contributed by atoms with van der Waals surface area (Å²) < 4.78 is 5.25. The van der Waals surface area contributed by atoms with Gasteiger partial charge in [-0.25, -0.2) is 0 Å². The first kappa shape index (κ1) is 13.3. The number of nitrogens with two attached hydrogens (primary N) is 1. The number of hydrogen-bond donors (Lipinski definition) is 3. The van der Waals surface area contributed by atoms with Crippen LogP contribution in [0.1, 0.15) is 13.3 Å². The first-order valence-electron chi connectivity index (χ1n) is 5.51. The fourth-order valence-corrected chi connectivity index (χ4v) is 1.22. The third kappa shape index (κ3) is 5.77. The van der Waals surface area contributed by atoms with Gasteiger partial charge in [0.1, 0.15) is 5.75 Å². The van der Waals surface area contributed by atoms with Gasteiger partial charge in [-0.05, 0) is 25.5 Å². The van der Waals surface area contributed by atoms with Gasteiger partial charge in [-0.1, -0.05) is 6.07 Å². The molecule has 0 aromatic heterocycles. The van der Waals surface area contributed by atoms with E-state index in [0.29, 0.717) is 24.4 Å². The first-order valence-corrected chi connectivity index (χ1v) is 5.51. The van der Waals surface area contributed by atoms with Gasteiger partial charge in [0, 0.05) is 18.3 Å². The summed E-state index contributed by atoms with van der Waals surface area (Å²) in [4.78, 5) is 11.3. The van der Waals surface area contributed by atoms with Crippen molar-refractivity contribution in [3.8, 4) is 5.75 Å². The Morgan fingerprint density at radius 2 is 2.35 bits per heavy atom. The van der Waals surface area contributed by atoms with Gasteiger partial charge in [0.05, 0.1) is 6.10 Å². The number of hydrogen-bond acceptors (Lipinski definition) is 4. The number of nitrogen functional groups attached to an aromatic ring is 1. The average Bonchev–Trinajstić information content (AvgIpc) is 2.26. The smallest absolute Gasteiger partial charge is 0.257 e. The molecule has 0 spiro atoms. The van der Waals surface area contributed by atoms with Crippen LogP contribution in [0, 0.1) is 0 Å². The Balaban J connectivity index is 2.24. The molecule has 0 saturated carbocycles. The highest BCUT2D eigenvalue weighted by Gasteiger charge is 2.03. The van der Waals surface area contributed by atoms with Crippen LogP contribution in [0.2, 0.25) is 0 Å². The van der Waals surface area contributed by atoms with Crippen LogP contribution in [0.15, 0.2) is 24.3 Å². The minimum atomic E-state index is -0.412. The van der Waals surface area contributed by atoms with Gasteiger partial charge in [-0.3, -0.25) is 4.79 Å². The Hall–Kier alpha value is -1.75. The number of nitrogens with one attached hydrogen (secondary N) is 1. The van der Waals surface area contributed by atoms with Crippen LogP contribution in [0.25, 0.3) is 0 Å². The number of anilines is 1. The van der Waals surface area contributed by atoms with E-state index in [1.54, 1.807) is 31.2 Å². The first-order chi connectivity index (χ1) is 8.08. The summed E-state index contributed by atoms with van der Waals surface area (Å²) in [6.45, 7) is 2.06. The summed E-state index contributed by atoms with van der Waals surface area (Å²) in [5.41, 5.74) is 6.16. The molecular formula is C12H18N2O3. The Kier molecular flexibility index (Phi) is 5.29. The highest BCUT2D eigenvalue weighted by Crippen LogP contribution is 2.13. The zero-order chi connectivity index (χ0) is 12.7. The van der Waals surface area contributed by atoms with Crippen molar-refractivity contribution in [3.05, 3.63) is 24.3 Å². The van der Waals surface area contributed by atoms with E-state index in [9.17, 15) is 4.79 Å². The molecule has 5 heteroatoms. The van der Waals surface area contributed by atoms with E-state index in [0.717, 1.165) is 0 Å². The molecule has 1 atom stereocenters. The molecule has 94 valence electrons. The summed E-state index contributed by atoms with van der Waals surface area (Å²) >= 11 is 0. The number of amides is 1. The maximum absolute atomic E-state index is 11.3. The van der Waals surface area contributed by atoms with Crippen LogP contribution in [0.5, 0.6) is 5.75 Å². The van der Waals surface area contributed by atoms with Crippen LogP contribution in [0.4, 0.5) is 5.69 Å².